The van der Waals surface area contributed by atoms with Crippen LogP contribution in [-0.2, 0) is 0 Å². The molecule has 6 nitrogen and oxygen atoms in total. The van der Waals surface area contributed by atoms with Crippen molar-refractivity contribution >= 4 is 34.8 Å². The summed E-state index contributed by atoms with van der Waals surface area (Å²) in [5, 5.41) is 5.67. The summed E-state index contributed by atoms with van der Waals surface area (Å²) in [5.41, 5.74) is 2.65. The average molecular weight is 416 g/mol. The number of hydrogen-bond acceptors (Lipinski definition) is 4. The van der Waals surface area contributed by atoms with Crippen LogP contribution in [0.5, 0.6) is 0 Å². The molecule has 0 unspecified atom stereocenters. The summed E-state index contributed by atoms with van der Waals surface area (Å²) in [6.45, 7) is 3.61. The summed E-state index contributed by atoms with van der Waals surface area (Å²) in [6.07, 6.45) is 4.08. The number of amides is 1. The number of fused-ring (bicyclic) bond motifs is 2. The Morgan fingerprint density at radius 2 is 1.89 bits per heavy atom. The van der Waals surface area contributed by atoms with Crippen molar-refractivity contribution in [3.05, 3.63) is 52.3 Å². The van der Waals surface area contributed by atoms with Crippen LogP contribution >= 0.6 is 23.2 Å². The molecule has 2 saturated heterocycles. The Bertz CT molecular complexity index is 1050. The van der Waals surface area contributed by atoms with E-state index in [9.17, 15) is 4.79 Å². The number of aromatic nitrogens is 3. The van der Waals surface area contributed by atoms with Gasteiger partial charge in [0.2, 0.25) is 0 Å². The van der Waals surface area contributed by atoms with Crippen molar-refractivity contribution in [1.82, 2.24) is 24.4 Å². The number of benzene rings is 1. The second-order valence-corrected chi connectivity index (χ2v) is 8.24. The van der Waals surface area contributed by atoms with Crippen LogP contribution in [0.4, 0.5) is 0 Å². The van der Waals surface area contributed by atoms with Crippen LogP contribution in [0.1, 0.15) is 23.3 Å². The molecule has 0 aliphatic carbocycles. The van der Waals surface area contributed by atoms with Gasteiger partial charge in [-0.15, -0.1) is 0 Å². The summed E-state index contributed by atoms with van der Waals surface area (Å²) in [4.78, 5) is 21.8. The van der Waals surface area contributed by atoms with Gasteiger partial charge in [-0.05, 0) is 43.7 Å². The number of carbonyl (C=O) groups excluding carboxylic acids is 1. The minimum atomic E-state index is -0.0351. The van der Waals surface area contributed by atoms with Gasteiger partial charge in [-0.25, -0.2) is 9.50 Å². The topological polar surface area (TPSA) is 53.7 Å². The Balaban J connectivity index is 1.49. The predicted molar refractivity (Wildman–Crippen MR) is 109 cm³/mol. The molecule has 2 aliphatic rings. The smallest absolute Gasteiger partial charge is 0.274 e. The van der Waals surface area contributed by atoms with Gasteiger partial charge in [0.25, 0.3) is 5.91 Å². The minimum absolute atomic E-state index is 0.0351. The second-order valence-electron chi connectivity index (χ2n) is 7.37. The van der Waals surface area contributed by atoms with Gasteiger partial charge in [-0.1, -0.05) is 23.2 Å². The maximum Gasteiger partial charge on any atom is 0.274 e. The number of rotatable bonds is 2. The summed E-state index contributed by atoms with van der Waals surface area (Å²) < 4.78 is 1.68. The molecule has 4 heterocycles. The number of halogens is 2. The molecule has 5 rings (SSSR count). The first kappa shape index (κ1) is 17.9. The van der Waals surface area contributed by atoms with E-state index < -0.39 is 0 Å². The number of hydrogen-bond donors (Lipinski definition) is 0. The van der Waals surface area contributed by atoms with E-state index in [-0.39, 0.29) is 5.91 Å². The van der Waals surface area contributed by atoms with Gasteiger partial charge in [0.15, 0.2) is 11.3 Å². The highest BCUT2D eigenvalue weighted by Gasteiger charge is 2.33. The van der Waals surface area contributed by atoms with Crippen LogP contribution in [0, 0.1) is 0 Å². The molecule has 3 aromatic rings. The minimum Gasteiger partial charge on any atom is -0.334 e. The van der Waals surface area contributed by atoms with Crippen molar-refractivity contribution in [2.24, 2.45) is 0 Å². The Labute approximate surface area is 172 Å². The van der Waals surface area contributed by atoms with E-state index in [1.807, 2.05) is 23.1 Å². The Hall–Kier alpha value is -2.15. The van der Waals surface area contributed by atoms with Crippen LogP contribution < -0.4 is 0 Å². The Morgan fingerprint density at radius 3 is 2.71 bits per heavy atom. The first-order valence-corrected chi connectivity index (χ1v) is 10.2. The normalized spacial score (nSPS) is 19.9. The Morgan fingerprint density at radius 1 is 1.07 bits per heavy atom. The first-order valence-electron chi connectivity index (χ1n) is 9.43. The molecule has 2 aliphatic heterocycles. The van der Waals surface area contributed by atoms with E-state index in [1.54, 1.807) is 22.8 Å². The zero-order valence-corrected chi connectivity index (χ0v) is 16.7. The quantitative estimate of drug-likeness (QED) is 0.641. The monoisotopic (exact) mass is 415 g/mol. The zero-order chi connectivity index (χ0) is 19.3. The highest BCUT2D eigenvalue weighted by atomic mass is 35.5. The summed E-state index contributed by atoms with van der Waals surface area (Å²) in [5.74, 6) is -0.0351. The molecule has 144 valence electrons. The van der Waals surface area contributed by atoms with Gasteiger partial charge >= 0.3 is 0 Å². The van der Waals surface area contributed by atoms with Gasteiger partial charge in [0.1, 0.15) is 0 Å². The molecule has 1 atom stereocenters. The molecule has 2 fully saturated rings. The molecule has 0 radical (unpaired) electrons. The fourth-order valence-corrected chi connectivity index (χ4v) is 4.78. The van der Waals surface area contributed by atoms with E-state index in [0.717, 1.165) is 43.9 Å². The highest BCUT2D eigenvalue weighted by molar-refractivity contribution is 6.35. The van der Waals surface area contributed by atoms with E-state index >= 15 is 0 Å². The zero-order valence-electron chi connectivity index (χ0n) is 15.2. The lowest BCUT2D eigenvalue weighted by Gasteiger charge is -2.37. The molecule has 28 heavy (non-hydrogen) atoms. The summed E-state index contributed by atoms with van der Waals surface area (Å²) >= 11 is 12.3. The lowest BCUT2D eigenvalue weighted by Crippen LogP contribution is -2.52. The maximum absolute atomic E-state index is 13.1. The first-order chi connectivity index (χ1) is 13.6. The molecule has 1 amide bonds. The van der Waals surface area contributed by atoms with Gasteiger partial charge in [-0.3, -0.25) is 9.69 Å². The van der Waals surface area contributed by atoms with Gasteiger partial charge in [0.05, 0.1) is 5.69 Å². The molecule has 0 spiro atoms. The van der Waals surface area contributed by atoms with Gasteiger partial charge in [0, 0.05) is 53.5 Å². The maximum atomic E-state index is 13.1. The number of nitrogens with zero attached hydrogens (tertiary/aromatic N) is 5. The average Bonchev–Trinajstić information content (AvgIpc) is 3.32. The molecule has 0 saturated carbocycles. The molecular weight excluding hydrogens is 397 g/mol. The van der Waals surface area contributed by atoms with Crippen molar-refractivity contribution in [2.45, 2.75) is 18.9 Å². The van der Waals surface area contributed by atoms with Crippen LogP contribution in [-0.4, -0.2) is 62.5 Å². The third-order valence-electron chi connectivity index (χ3n) is 5.61. The lowest BCUT2D eigenvalue weighted by molar-refractivity contribution is 0.0565. The van der Waals surface area contributed by atoms with Gasteiger partial charge < -0.3 is 4.90 Å². The molecular formula is C20H19Cl2N5O. The number of piperazine rings is 1. The highest BCUT2D eigenvalue weighted by Crippen LogP contribution is 2.28. The SMILES string of the molecule is O=C(c1cc2nccc(-c3cc(Cl)cc(Cl)c3)n2n1)N1CCN2CCC[C@H]2C1. The van der Waals surface area contributed by atoms with Crippen LogP contribution in [0.15, 0.2) is 36.5 Å². The summed E-state index contributed by atoms with van der Waals surface area (Å²) in [7, 11) is 0. The van der Waals surface area contributed by atoms with Crippen LogP contribution in [0.25, 0.3) is 16.9 Å². The largest absolute Gasteiger partial charge is 0.334 e. The lowest BCUT2D eigenvalue weighted by atomic mass is 10.1. The van der Waals surface area contributed by atoms with Crippen LogP contribution in [0.2, 0.25) is 10.0 Å². The van der Waals surface area contributed by atoms with E-state index in [1.165, 1.54) is 6.42 Å². The van der Waals surface area contributed by atoms with Crippen molar-refractivity contribution in [2.75, 3.05) is 26.2 Å². The molecule has 1 aromatic carbocycles. The molecule has 2 aromatic heterocycles. The second kappa shape index (κ2) is 7.03. The van der Waals surface area contributed by atoms with Gasteiger partial charge in [-0.2, -0.15) is 5.10 Å². The third kappa shape index (κ3) is 3.15. The molecule has 0 N–H and O–H groups in total. The van der Waals surface area contributed by atoms with Crippen molar-refractivity contribution in [3.63, 3.8) is 0 Å². The van der Waals surface area contributed by atoms with Crippen molar-refractivity contribution in [3.8, 4) is 11.3 Å². The fourth-order valence-electron chi connectivity index (χ4n) is 4.26. The predicted octanol–water partition coefficient (Wildman–Crippen LogP) is 3.62. The number of carbonyl (C=O) groups is 1. The van der Waals surface area contributed by atoms with E-state index in [2.05, 4.69) is 15.0 Å². The molecule has 0 bridgehead atoms. The van der Waals surface area contributed by atoms with Crippen molar-refractivity contribution in [1.29, 1.82) is 0 Å². The molecule has 8 heteroatoms. The van der Waals surface area contributed by atoms with Crippen LogP contribution in [0.3, 0.4) is 0 Å². The van der Waals surface area contributed by atoms with E-state index in [4.69, 9.17) is 23.2 Å². The standard InChI is InChI=1S/C20H19Cl2N5O/c21-14-8-13(9-15(22)10-14)18-3-4-23-19-11-17(24-27(18)19)20(28)26-7-6-25-5-1-2-16(25)12-26/h3-4,8-11,16H,1-2,5-7,12H2/t16-/m0/s1. The fraction of sp³-hybridized carbons (Fsp3) is 0.350. The Kier molecular flexibility index (Phi) is 4.50. The third-order valence-corrected chi connectivity index (χ3v) is 6.05. The van der Waals surface area contributed by atoms with E-state index in [0.29, 0.717) is 27.4 Å². The van der Waals surface area contributed by atoms with Crippen molar-refractivity contribution < 1.29 is 4.79 Å². The summed E-state index contributed by atoms with van der Waals surface area (Å²) in [6, 6.07) is 9.41.